The highest BCUT2D eigenvalue weighted by Crippen LogP contribution is 2.32. The molecule has 1 heteroatoms. The maximum absolute atomic E-state index is 5.05. The van der Waals surface area contributed by atoms with E-state index in [1.807, 2.05) is 0 Å². The number of allylic oxidation sites excluding steroid dienone is 1. The molecule has 1 aliphatic rings. The Balaban J connectivity index is 1.66. The largest absolute Gasteiger partial charge is 0.381 e. The van der Waals surface area contributed by atoms with Gasteiger partial charge in [0.05, 0.1) is 6.61 Å². The SMILES string of the molecule is COC/C=C/C1CCC(CCc2ccccc2)CC1. The van der Waals surface area contributed by atoms with Crippen molar-refractivity contribution in [2.75, 3.05) is 13.7 Å². The van der Waals surface area contributed by atoms with Crippen LogP contribution >= 0.6 is 0 Å². The Morgan fingerprint density at radius 2 is 1.84 bits per heavy atom. The second-order valence-corrected chi connectivity index (χ2v) is 5.69. The van der Waals surface area contributed by atoms with Gasteiger partial charge in [-0.1, -0.05) is 42.5 Å². The summed E-state index contributed by atoms with van der Waals surface area (Å²) in [6.07, 6.45) is 12.7. The molecule has 1 fully saturated rings. The van der Waals surface area contributed by atoms with Gasteiger partial charge in [-0.15, -0.1) is 0 Å². The van der Waals surface area contributed by atoms with Gasteiger partial charge in [0.25, 0.3) is 0 Å². The zero-order valence-electron chi connectivity index (χ0n) is 12.1. The molecule has 1 nitrogen and oxygen atoms in total. The Bertz CT molecular complexity index is 361. The van der Waals surface area contributed by atoms with Crippen molar-refractivity contribution in [2.45, 2.75) is 38.5 Å². The normalized spacial score (nSPS) is 23.8. The van der Waals surface area contributed by atoms with E-state index in [0.717, 1.165) is 18.4 Å². The lowest BCUT2D eigenvalue weighted by Crippen LogP contribution is -2.13. The Morgan fingerprint density at radius 1 is 1.11 bits per heavy atom. The van der Waals surface area contributed by atoms with E-state index in [9.17, 15) is 0 Å². The summed E-state index contributed by atoms with van der Waals surface area (Å²) < 4.78 is 5.05. The summed E-state index contributed by atoms with van der Waals surface area (Å²) in [7, 11) is 1.75. The Labute approximate surface area is 117 Å². The summed E-state index contributed by atoms with van der Waals surface area (Å²) >= 11 is 0. The van der Waals surface area contributed by atoms with E-state index in [-0.39, 0.29) is 0 Å². The van der Waals surface area contributed by atoms with Gasteiger partial charge in [-0.05, 0) is 55.9 Å². The summed E-state index contributed by atoms with van der Waals surface area (Å²) in [6.45, 7) is 0.758. The minimum absolute atomic E-state index is 0.758. The molecule has 1 aliphatic carbocycles. The minimum atomic E-state index is 0.758. The number of benzene rings is 1. The van der Waals surface area contributed by atoms with Gasteiger partial charge in [0.1, 0.15) is 0 Å². The average molecular weight is 258 g/mol. The molecule has 0 amide bonds. The lowest BCUT2D eigenvalue weighted by atomic mass is 9.79. The monoisotopic (exact) mass is 258 g/mol. The van der Waals surface area contributed by atoms with Gasteiger partial charge in [-0.3, -0.25) is 0 Å². The lowest BCUT2D eigenvalue weighted by Gasteiger charge is -2.26. The Hall–Kier alpha value is -1.08. The fourth-order valence-corrected chi connectivity index (χ4v) is 3.03. The summed E-state index contributed by atoms with van der Waals surface area (Å²) in [5.74, 6) is 1.73. The zero-order valence-corrected chi connectivity index (χ0v) is 12.1. The summed E-state index contributed by atoms with van der Waals surface area (Å²) in [5.41, 5.74) is 1.49. The molecular weight excluding hydrogens is 232 g/mol. The van der Waals surface area contributed by atoms with Crippen LogP contribution in [-0.2, 0) is 11.2 Å². The van der Waals surface area contributed by atoms with Gasteiger partial charge in [0.2, 0.25) is 0 Å². The third kappa shape index (κ3) is 5.20. The van der Waals surface area contributed by atoms with Crippen LogP contribution in [0.15, 0.2) is 42.5 Å². The fourth-order valence-electron chi connectivity index (χ4n) is 3.03. The molecule has 104 valence electrons. The highest BCUT2D eigenvalue weighted by Gasteiger charge is 2.19. The number of aryl methyl sites for hydroxylation is 1. The first kappa shape index (κ1) is 14.3. The van der Waals surface area contributed by atoms with E-state index in [4.69, 9.17) is 4.74 Å². The molecule has 1 aromatic rings. The number of rotatable bonds is 6. The molecule has 2 rings (SSSR count). The summed E-state index contributed by atoms with van der Waals surface area (Å²) in [5, 5.41) is 0. The van der Waals surface area contributed by atoms with Crippen molar-refractivity contribution in [2.24, 2.45) is 11.8 Å². The third-order valence-electron chi connectivity index (χ3n) is 4.25. The molecule has 0 radical (unpaired) electrons. The van der Waals surface area contributed by atoms with E-state index < -0.39 is 0 Å². The molecule has 0 N–H and O–H groups in total. The van der Waals surface area contributed by atoms with Crippen LogP contribution in [0.25, 0.3) is 0 Å². The van der Waals surface area contributed by atoms with Crippen molar-refractivity contribution in [3.05, 3.63) is 48.0 Å². The predicted octanol–water partition coefficient (Wildman–Crippen LogP) is 4.63. The quantitative estimate of drug-likeness (QED) is 0.676. The van der Waals surface area contributed by atoms with E-state index >= 15 is 0 Å². The fraction of sp³-hybridized carbons (Fsp3) is 0.556. The molecule has 19 heavy (non-hydrogen) atoms. The van der Waals surface area contributed by atoms with Gasteiger partial charge >= 0.3 is 0 Å². The van der Waals surface area contributed by atoms with E-state index in [1.165, 1.54) is 44.1 Å². The number of hydrogen-bond acceptors (Lipinski definition) is 1. The van der Waals surface area contributed by atoms with Crippen molar-refractivity contribution < 1.29 is 4.74 Å². The third-order valence-corrected chi connectivity index (χ3v) is 4.25. The molecule has 0 unspecified atom stereocenters. The number of hydrogen-bond donors (Lipinski definition) is 0. The van der Waals surface area contributed by atoms with E-state index in [2.05, 4.69) is 42.5 Å². The van der Waals surface area contributed by atoms with Crippen molar-refractivity contribution in [3.8, 4) is 0 Å². The van der Waals surface area contributed by atoms with Crippen LogP contribution in [0.1, 0.15) is 37.7 Å². The van der Waals surface area contributed by atoms with Gasteiger partial charge in [0, 0.05) is 7.11 Å². The second kappa shape index (κ2) is 8.16. The number of ether oxygens (including phenoxy) is 1. The van der Waals surface area contributed by atoms with Crippen molar-refractivity contribution in [1.82, 2.24) is 0 Å². The Kier molecular flexibility index (Phi) is 6.16. The van der Waals surface area contributed by atoms with Gasteiger partial charge in [0.15, 0.2) is 0 Å². The van der Waals surface area contributed by atoms with Crippen LogP contribution in [-0.4, -0.2) is 13.7 Å². The molecule has 0 heterocycles. The standard InChI is InChI=1S/C18H26O/c1-19-15-5-8-17-10-13-18(14-11-17)12-9-16-6-3-2-4-7-16/h2-8,17-18H,9-15H2,1H3/b8-5+. The maximum atomic E-state index is 5.05. The first-order chi connectivity index (χ1) is 9.38. The molecule has 0 aromatic heterocycles. The zero-order chi connectivity index (χ0) is 13.3. The van der Waals surface area contributed by atoms with Crippen LogP contribution in [0.3, 0.4) is 0 Å². The maximum Gasteiger partial charge on any atom is 0.0643 e. The van der Waals surface area contributed by atoms with Crippen LogP contribution < -0.4 is 0 Å². The number of methoxy groups -OCH3 is 1. The summed E-state index contributed by atoms with van der Waals surface area (Å²) in [6, 6.07) is 10.9. The molecule has 1 saturated carbocycles. The van der Waals surface area contributed by atoms with E-state index in [0.29, 0.717) is 0 Å². The highest BCUT2D eigenvalue weighted by atomic mass is 16.5. The topological polar surface area (TPSA) is 9.23 Å². The molecule has 0 aliphatic heterocycles. The van der Waals surface area contributed by atoms with Crippen LogP contribution in [0.4, 0.5) is 0 Å². The first-order valence-corrected chi connectivity index (χ1v) is 7.58. The second-order valence-electron chi connectivity index (χ2n) is 5.69. The van der Waals surface area contributed by atoms with Crippen LogP contribution in [0, 0.1) is 11.8 Å². The molecule has 0 saturated heterocycles. The van der Waals surface area contributed by atoms with Crippen molar-refractivity contribution in [3.63, 3.8) is 0 Å². The molecule has 0 spiro atoms. The van der Waals surface area contributed by atoms with Gasteiger partial charge in [-0.2, -0.15) is 0 Å². The molecule has 1 aromatic carbocycles. The lowest BCUT2D eigenvalue weighted by molar-refractivity contribution is 0.232. The summed E-state index contributed by atoms with van der Waals surface area (Å²) in [4.78, 5) is 0. The highest BCUT2D eigenvalue weighted by molar-refractivity contribution is 5.14. The molecule has 0 bridgehead atoms. The smallest absolute Gasteiger partial charge is 0.0643 e. The average Bonchev–Trinajstić information content (AvgIpc) is 2.48. The van der Waals surface area contributed by atoms with Crippen LogP contribution in [0.5, 0.6) is 0 Å². The van der Waals surface area contributed by atoms with Crippen molar-refractivity contribution in [1.29, 1.82) is 0 Å². The van der Waals surface area contributed by atoms with Crippen LogP contribution in [0.2, 0.25) is 0 Å². The molecule has 0 atom stereocenters. The van der Waals surface area contributed by atoms with Gasteiger partial charge < -0.3 is 4.74 Å². The van der Waals surface area contributed by atoms with Crippen molar-refractivity contribution >= 4 is 0 Å². The van der Waals surface area contributed by atoms with E-state index in [1.54, 1.807) is 7.11 Å². The Morgan fingerprint density at radius 3 is 2.53 bits per heavy atom. The molecular formula is C18H26O. The minimum Gasteiger partial charge on any atom is -0.381 e. The van der Waals surface area contributed by atoms with Gasteiger partial charge in [-0.25, -0.2) is 0 Å². The first-order valence-electron chi connectivity index (χ1n) is 7.58. The predicted molar refractivity (Wildman–Crippen MR) is 81.2 cm³/mol.